The zero-order valence-corrected chi connectivity index (χ0v) is 12.4. The molecule has 5 nitrogen and oxygen atoms in total. The number of carbonyl (C=O) groups is 1. The minimum atomic E-state index is -2.94. The second-order valence-electron chi connectivity index (χ2n) is 4.97. The van der Waals surface area contributed by atoms with Crippen LogP contribution >= 0.6 is 0 Å². The van der Waals surface area contributed by atoms with Crippen molar-refractivity contribution in [2.45, 2.75) is 12.8 Å². The maximum Gasteiger partial charge on any atom is 0.163 e. The third kappa shape index (κ3) is 3.30. The van der Waals surface area contributed by atoms with E-state index in [4.69, 9.17) is 9.47 Å². The molecule has 1 saturated heterocycles. The van der Waals surface area contributed by atoms with Crippen molar-refractivity contribution in [3.8, 4) is 11.5 Å². The van der Waals surface area contributed by atoms with Gasteiger partial charge in [0.15, 0.2) is 27.1 Å². The Morgan fingerprint density at radius 2 is 1.95 bits per heavy atom. The molecule has 0 aromatic heterocycles. The average molecular weight is 298 g/mol. The standard InChI is InChI=1S/C14H18O5S/c1-18-13-4-3-11(8-14(13)19-2)12(15)7-10-5-6-20(16,17)9-10/h3-4,8,10H,5-7,9H2,1-2H3. The van der Waals surface area contributed by atoms with Gasteiger partial charge in [-0.1, -0.05) is 0 Å². The molecule has 1 heterocycles. The summed E-state index contributed by atoms with van der Waals surface area (Å²) in [5, 5.41) is 0. The molecule has 1 unspecified atom stereocenters. The van der Waals surface area contributed by atoms with Crippen molar-refractivity contribution in [1.82, 2.24) is 0 Å². The quantitative estimate of drug-likeness (QED) is 0.774. The fourth-order valence-corrected chi connectivity index (χ4v) is 4.28. The van der Waals surface area contributed by atoms with Crippen molar-refractivity contribution in [1.29, 1.82) is 0 Å². The fraction of sp³-hybridized carbons (Fsp3) is 0.500. The van der Waals surface area contributed by atoms with E-state index < -0.39 is 9.84 Å². The number of benzene rings is 1. The molecule has 0 saturated carbocycles. The Labute approximate surface area is 118 Å². The van der Waals surface area contributed by atoms with Crippen molar-refractivity contribution in [3.05, 3.63) is 23.8 Å². The van der Waals surface area contributed by atoms with E-state index in [9.17, 15) is 13.2 Å². The second-order valence-corrected chi connectivity index (χ2v) is 7.19. The highest BCUT2D eigenvalue weighted by Gasteiger charge is 2.29. The Balaban J connectivity index is 2.10. The Hall–Kier alpha value is -1.56. The summed E-state index contributed by atoms with van der Waals surface area (Å²) in [6.07, 6.45) is 0.829. The van der Waals surface area contributed by atoms with E-state index in [1.165, 1.54) is 14.2 Å². The minimum absolute atomic E-state index is 0.0620. The third-order valence-corrected chi connectivity index (χ3v) is 5.34. The van der Waals surface area contributed by atoms with Crippen LogP contribution in [0.4, 0.5) is 0 Å². The first-order valence-corrected chi connectivity index (χ1v) is 8.23. The molecule has 6 heteroatoms. The zero-order chi connectivity index (χ0) is 14.8. The predicted molar refractivity (Wildman–Crippen MR) is 75.3 cm³/mol. The van der Waals surface area contributed by atoms with Gasteiger partial charge >= 0.3 is 0 Å². The largest absolute Gasteiger partial charge is 0.493 e. The van der Waals surface area contributed by atoms with E-state index in [2.05, 4.69) is 0 Å². The van der Waals surface area contributed by atoms with E-state index in [-0.39, 0.29) is 29.6 Å². The number of Topliss-reactive ketones (excluding diaryl/α,β-unsaturated/α-hetero) is 1. The van der Waals surface area contributed by atoms with E-state index in [0.29, 0.717) is 23.5 Å². The third-order valence-electron chi connectivity index (χ3n) is 3.51. The van der Waals surface area contributed by atoms with Crippen LogP contribution < -0.4 is 9.47 Å². The van der Waals surface area contributed by atoms with Gasteiger partial charge in [0.25, 0.3) is 0 Å². The number of ketones is 1. The Bertz CT molecular complexity index is 606. The summed E-state index contributed by atoms with van der Waals surface area (Å²) < 4.78 is 33.1. The van der Waals surface area contributed by atoms with Crippen LogP contribution in [0, 0.1) is 5.92 Å². The molecule has 20 heavy (non-hydrogen) atoms. The molecular weight excluding hydrogens is 280 g/mol. The summed E-state index contributed by atoms with van der Waals surface area (Å²) in [6, 6.07) is 4.98. The highest BCUT2D eigenvalue weighted by Crippen LogP contribution is 2.29. The number of hydrogen-bond acceptors (Lipinski definition) is 5. The molecule has 0 radical (unpaired) electrons. The molecule has 0 bridgehead atoms. The number of carbonyl (C=O) groups excluding carboxylic acids is 1. The summed E-state index contributed by atoms with van der Waals surface area (Å²) in [5.74, 6) is 1.24. The summed E-state index contributed by atoms with van der Waals surface area (Å²) in [4.78, 5) is 12.2. The molecule has 110 valence electrons. The zero-order valence-electron chi connectivity index (χ0n) is 11.6. The van der Waals surface area contributed by atoms with Crippen molar-refractivity contribution < 1.29 is 22.7 Å². The lowest BCUT2D eigenvalue weighted by Gasteiger charge is -2.10. The summed E-state index contributed by atoms with van der Waals surface area (Å²) in [5.41, 5.74) is 0.520. The highest BCUT2D eigenvalue weighted by molar-refractivity contribution is 7.91. The van der Waals surface area contributed by atoms with Crippen LogP contribution in [0.2, 0.25) is 0 Å². The van der Waals surface area contributed by atoms with E-state index in [0.717, 1.165) is 0 Å². The lowest BCUT2D eigenvalue weighted by atomic mass is 9.97. The molecule has 1 aromatic rings. The molecule has 2 rings (SSSR count). The lowest BCUT2D eigenvalue weighted by molar-refractivity contribution is 0.0965. The maximum atomic E-state index is 12.2. The van der Waals surface area contributed by atoms with Crippen LogP contribution in [-0.2, 0) is 9.84 Å². The SMILES string of the molecule is COc1ccc(C(=O)CC2CCS(=O)(=O)C2)cc1OC. The van der Waals surface area contributed by atoms with Gasteiger partial charge in [-0.05, 0) is 30.5 Å². The topological polar surface area (TPSA) is 69.7 Å². The van der Waals surface area contributed by atoms with Crippen LogP contribution in [0.5, 0.6) is 11.5 Å². The van der Waals surface area contributed by atoms with Gasteiger partial charge in [-0.25, -0.2) is 8.42 Å². The fourth-order valence-electron chi connectivity index (χ4n) is 2.42. The van der Waals surface area contributed by atoms with Gasteiger partial charge in [0.05, 0.1) is 25.7 Å². The molecule has 0 aliphatic carbocycles. The highest BCUT2D eigenvalue weighted by atomic mass is 32.2. The molecule has 0 amide bonds. The summed E-state index contributed by atoms with van der Waals surface area (Å²) in [7, 11) is 0.0964. The van der Waals surface area contributed by atoms with Crippen LogP contribution in [0.25, 0.3) is 0 Å². The van der Waals surface area contributed by atoms with Gasteiger partial charge < -0.3 is 9.47 Å². The van der Waals surface area contributed by atoms with Crippen LogP contribution in [0.3, 0.4) is 0 Å². The molecule has 1 aromatic carbocycles. The first-order valence-electron chi connectivity index (χ1n) is 6.41. The maximum absolute atomic E-state index is 12.2. The lowest BCUT2D eigenvalue weighted by Crippen LogP contribution is -2.11. The van der Waals surface area contributed by atoms with Gasteiger partial charge in [-0.2, -0.15) is 0 Å². The van der Waals surface area contributed by atoms with Gasteiger partial charge in [0.1, 0.15) is 0 Å². The average Bonchev–Trinajstić information content (AvgIpc) is 2.76. The van der Waals surface area contributed by atoms with E-state index in [1.54, 1.807) is 18.2 Å². The van der Waals surface area contributed by atoms with Crippen LogP contribution in [0.1, 0.15) is 23.2 Å². The first kappa shape index (κ1) is 14.8. The molecule has 1 aliphatic rings. The van der Waals surface area contributed by atoms with E-state index in [1.807, 2.05) is 0 Å². The second kappa shape index (κ2) is 5.83. The number of methoxy groups -OCH3 is 2. The van der Waals surface area contributed by atoms with Crippen molar-refractivity contribution >= 4 is 15.6 Å². The Morgan fingerprint density at radius 1 is 1.25 bits per heavy atom. The molecule has 0 spiro atoms. The smallest absolute Gasteiger partial charge is 0.163 e. The molecule has 1 aliphatic heterocycles. The molecule has 1 atom stereocenters. The predicted octanol–water partition coefficient (Wildman–Crippen LogP) is 1.71. The molecule has 0 N–H and O–H groups in total. The summed E-state index contributed by atoms with van der Waals surface area (Å²) >= 11 is 0. The molecular formula is C14H18O5S. The van der Waals surface area contributed by atoms with Crippen molar-refractivity contribution in [2.24, 2.45) is 5.92 Å². The van der Waals surface area contributed by atoms with Gasteiger partial charge in [0.2, 0.25) is 0 Å². The Morgan fingerprint density at radius 3 is 2.50 bits per heavy atom. The number of ether oxygens (including phenoxy) is 2. The number of rotatable bonds is 5. The van der Waals surface area contributed by atoms with Gasteiger partial charge in [-0.3, -0.25) is 4.79 Å². The Kier molecular flexibility index (Phi) is 4.32. The van der Waals surface area contributed by atoms with Crippen LogP contribution in [-0.4, -0.2) is 39.9 Å². The normalized spacial score (nSPS) is 20.6. The van der Waals surface area contributed by atoms with Crippen molar-refractivity contribution in [3.63, 3.8) is 0 Å². The minimum Gasteiger partial charge on any atom is -0.493 e. The van der Waals surface area contributed by atoms with Crippen LogP contribution in [0.15, 0.2) is 18.2 Å². The van der Waals surface area contributed by atoms with Gasteiger partial charge in [0, 0.05) is 12.0 Å². The van der Waals surface area contributed by atoms with Crippen molar-refractivity contribution in [2.75, 3.05) is 25.7 Å². The number of sulfone groups is 1. The number of hydrogen-bond donors (Lipinski definition) is 0. The van der Waals surface area contributed by atoms with E-state index >= 15 is 0 Å². The first-order chi connectivity index (χ1) is 9.45. The monoisotopic (exact) mass is 298 g/mol. The van der Waals surface area contributed by atoms with Gasteiger partial charge in [-0.15, -0.1) is 0 Å². The summed E-state index contributed by atoms with van der Waals surface area (Å²) in [6.45, 7) is 0. The molecule has 1 fully saturated rings.